The zero-order valence-corrected chi connectivity index (χ0v) is 11.2. The summed E-state index contributed by atoms with van der Waals surface area (Å²) < 4.78 is 0. The molecule has 1 saturated heterocycles. The number of nitrogens with zero attached hydrogens (tertiary/aromatic N) is 1. The van der Waals surface area contributed by atoms with Gasteiger partial charge in [-0.25, -0.2) is 0 Å². The molecule has 4 N–H and O–H groups in total. The highest BCUT2D eigenvalue weighted by atomic mass is 16.3. The normalized spacial score (nSPS) is 17.9. The van der Waals surface area contributed by atoms with Crippen LogP contribution in [-0.2, 0) is 16.0 Å². The lowest BCUT2D eigenvalue weighted by Crippen LogP contribution is -2.46. The molecule has 1 aliphatic heterocycles. The van der Waals surface area contributed by atoms with E-state index in [0.717, 1.165) is 13.0 Å². The van der Waals surface area contributed by atoms with Crippen LogP contribution < -0.4 is 11.1 Å². The van der Waals surface area contributed by atoms with E-state index in [-0.39, 0.29) is 30.7 Å². The van der Waals surface area contributed by atoms with Gasteiger partial charge in [0.05, 0.1) is 13.0 Å². The summed E-state index contributed by atoms with van der Waals surface area (Å²) in [5.74, 6) is -0.633. The average molecular weight is 277 g/mol. The molecule has 1 aromatic carbocycles. The highest BCUT2D eigenvalue weighted by Crippen LogP contribution is 2.18. The summed E-state index contributed by atoms with van der Waals surface area (Å²) in [6.45, 7) is 1.41. The summed E-state index contributed by atoms with van der Waals surface area (Å²) in [7, 11) is 0. The predicted octanol–water partition coefficient (Wildman–Crippen LogP) is -0.389. The Balaban J connectivity index is 2.09. The third kappa shape index (κ3) is 3.48. The topological polar surface area (TPSA) is 95.7 Å². The van der Waals surface area contributed by atoms with Crippen molar-refractivity contribution in [3.63, 3.8) is 0 Å². The monoisotopic (exact) mass is 277 g/mol. The predicted molar refractivity (Wildman–Crippen MR) is 74.0 cm³/mol. The molecule has 0 spiro atoms. The molecule has 20 heavy (non-hydrogen) atoms. The minimum Gasteiger partial charge on any atom is -0.508 e. The fourth-order valence-corrected chi connectivity index (χ4v) is 2.42. The summed E-state index contributed by atoms with van der Waals surface area (Å²) in [4.78, 5) is 25.0. The molecule has 2 amide bonds. The van der Waals surface area contributed by atoms with Crippen LogP contribution in [0.15, 0.2) is 24.3 Å². The molecule has 2 rings (SSSR count). The second kappa shape index (κ2) is 6.38. The molecule has 0 aromatic heterocycles. The number of nitrogens with two attached hydrogens (primary N) is 1. The summed E-state index contributed by atoms with van der Waals surface area (Å²) in [5.41, 5.74) is 5.77. The molecule has 1 unspecified atom stereocenters. The zero-order chi connectivity index (χ0) is 14.5. The van der Waals surface area contributed by atoms with Gasteiger partial charge in [0.25, 0.3) is 0 Å². The van der Waals surface area contributed by atoms with E-state index >= 15 is 0 Å². The van der Waals surface area contributed by atoms with Crippen LogP contribution >= 0.6 is 0 Å². The maximum atomic E-state index is 12.4. The molecule has 108 valence electrons. The van der Waals surface area contributed by atoms with Crippen molar-refractivity contribution in [2.24, 2.45) is 5.73 Å². The van der Waals surface area contributed by atoms with Gasteiger partial charge in [-0.2, -0.15) is 0 Å². The molecular weight excluding hydrogens is 258 g/mol. The van der Waals surface area contributed by atoms with Gasteiger partial charge in [0.1, 0.15) is 5.75 Å². The molecule has 1 heterocycles. The molecule has 0 radical (unpaired) electrons. The fourth-order valence-electron chi connectivity index (χ4n) is 2.42. The van der Waals surface area contributed by atoms with Crippen molar-refractivity contribution in [3.8, 4) is 5.75 Å². The largest absolute Gasteiger partial charge is 0.508 e. The van der Waals surface area contributed by atoms with Gasteiger partial charge in [-0.15, -0.1) is 0 Å². The smallest absolute Gasteiger partial charge is 0.237 e. The third-order valence-corrected chi connectivity index (χ3v) is 3.45. The van der Waals surface area contributed by atoms with Crippen LogP contribution in [0.2, 0.25) is 0 Å². The van der Waals surface area contributed by atoms with E-state index in [4.69, 9.17) is 5.73 Å². The van der Waals surface area contributed by atoms with Gasteiger partial charge in [0, 0.05) is 18.2 Å². The van der Waals surface area contributed by atoms with Gasteiger partial charge in [-0.05, 0) is 19.0 Å². The molecule has 1 aromatic rings. The highest BCUT2D eigenvalue weighted by molar-refractivity contribution is 5.85. The van der Waals surface area contributed by atoms with Crippen molar-refractivity contribution in [1.29, 1.82) is 0 Å². The number of phenols is 1. The highest BCUT2D eigenvalue weighted by Gasteiger charge is 2.27. The summed E-state index contributed by atoms with van der Waals surface area (Å²) in [5, 5.41) is 12.9. The number of benzene rings is 1. The molecular formula is C14H19N3O3. The molecule has 0 saturated carbocycles. The van der Waals surface area contributed by atoms with E-state index in [1.54, 1.807) is 18.2 Å². The van der Waals surface area contributed by atoms with Crippen LogP contribution in [0.25, 0.3) is 0 Å². The van der Waals surface area contributed by atoms with Gasteiger partial charge in [0.15, 0.2) is 0 Å². The van der Waals surface area contributed by atoms with Crippen LogP contribution in [0.1, 0.15) is 12.0 Å². The lowest BCUT2D eigenvalue weighted by atomic mass is 10.1. The second-order valence-electron chi connectivity index (χ2n) is 4.94. The number of rotatable bonds is 5. The van der Waals surface area contributed by atoms with Crippen LogP contribution in [0.4, 0.5) is 0 Å². The number of aromatic hydroxyl groups is 1. The zero-order valence-electron chi connectivity index (χ0n) is 11.2. The first kappa shape index (κ1) is 14.3. The maximum absolute atomic E-state index is 12.4. The Labute approximate surface area is 117 Å². The quantitative estimate of drug-likeness (QED) is 0.683. The van der Waals surface area contributed by atoms with Crippen LogP contribution in [0.3, 0.4) is 0 Å². The van der Waals surface area contributed by atoms with E-state index in [0.29, 0.717) is 12.1 Å². The number of nitrogens with one attached hydrogen (secondary N) is 1. The van der Waals surface area contributed by atoms with Gasteiger partial charge in [-0.1, -0.05) is 18.2 Å². The second-order valence-corrected chi connectivity index (χ2v) is 4.94. The Morgan fingerprint density at radius 2 is 2.15 bits per heavy atom. The Bertz CT molecular complexity index is 498. The van der Waals surface area contributed by atoms with Crippen molar-refractivity contribution in [2.75, 3.05) is 19.6 Å². The number of hydrogen-bond acceptors (Lipinski definition) is 4. The van der Waals surface area contributed by atoms with E-state index in [9.17, 15) is 14.7 Å². The third-order valence-electron chi connectivity index (χ3n) is 3.45. The van der Waals surface area contributed by atoms with Crippen molar-refractivity contribution in [1.82, 2.24) is 10.2 Å². The Hall–Kier alpha value is -2.08. The molecule has 0 bridgehead atoms. The van der Waals surface area contributed by atoms with Gasteiger partial charge < -0.3 is 21.1 Å². The lowest BCUT2D eigenvalue weighted by Gasteiger charge is -2.27. The minimum atomic E-state index is -0.525. The first-order chi connectivity index (χ1) is 9.58. The Morgan fingerprint density at radius 1 is 1.40 bits per heavy atom. The fraction of sp³-hybridized carbons (Fsp3) is 0.429. The van der Waals surface area contributed by atoms with Crippen LogP contribution in [0, 0.1) is 0 Å². The number of carbonyl (C=O) groups is 2. The first-order valence-electron chi connectivity index (χ1n) is 6.63. The Kier molecular flexibility index (Phi) is 4.57. The summed E-state index contributed by atoms with van der Waals surface area (Å²) in [6, 6.07) is 6.69. The van der Waals surface area contributed by atoms with E-state index < -0.39 is 5.91 Å². The first-order valence-corrected chi connectivity index (χ1v) is 6.63. The molecule has 1 atom stereocenters. The van der Waals surface area contributed by atoms with E-state index in [1.165, 1.54) is 11.0 Å². The van der Waals surface area contributed by atoms with Crippen molar-refractivity contribution >= 4 is 11.8 Å². The molecule has 6 nitrogen and oxygen atoms in total. The van der Waals surface area contributed by atoms with Crippen molar-refractivity contribution < 1.29 is 14.7 Å². The number of hydrogen-bond donors (Lipinski definition) is 3. The number of carbonyl (C=O) groups excluding carboxylic acids is 2. The van der Waals surface area contributed by atoms with E-state index in [1.807, 2.05) is 0 Å². The van der Waals surface area contributed by atoms with Gasteiger partial charge >= 0.3 is 0 Å². The van der Waals surface area contributed by atoms with E-state index in [2.05, 4.69) is 5.32 Å². The summed E-state index contributed by atoms with van der Waals surface area (Å²) in [6.07, 6.45) is 0.871. The standard InChI is InChI=1S/C14H19N3O3/c15-13(19)9-17(11-5-6-16-8-11)14(20)7-10-3-1-2-4-12(10)18/h1-4,11,16,18H,5-9H2,(H2,15,19). The molecule has 6 heteroatoms. The van der Waals surface area contributed by atoms with Crippen molar-refractivity contribution in [3.05, 3.63) is 29.8 Å². The number of primary amides is 1. The van der Waals surface area contributed by atoms with Crippen molar-refractivity contribution in [2.45, 2.75) is 18.9 Å². The maximum Gasteiger partial charge on any atom is 0.237 e. The molecule has 1 fully saturated rings. The SMILES string of the molecule is NC(=O)CN(C(=O)Cc1ccccc1O)C1CCNC1. The molecule has 0 aliphatic carbocycles. The van der Waals surface area contributed by atoms with Gasteiger partial charge in [0.2, 0.25) is 11.8 Å². The lowest BCUT2D eigenvalue weighted by molar-refractivity contribution is -0.136. The molecule has 1 aliphatic rings. The Morgan fingerprint density at radius 3 is 2.75 bits per heavy atom. The summed E-state index contributed by atoms with van der Waals surface area (Å²) >= 11 is 0. The number of para-hydroxylation sites is 1. The van der Waals surface area contributed by atoms with Gasteiger partial charge in [-0.3, -0.25) is 9.59 Å². The minimum absolute atomic E-state index is 0.0131. The number of phenolic OH excluding ortho intramolecular Hbond substituents is 1. The average Bonchev–Trinajstić information content (AvgIpc) is 2.92. The van der Waals surface area contributed by atoms with Crippen LogP contribution in [0.5, 0.6) is 5.75 Å². The van der Waals surface area contributed by atoms with Crippen LogP contribution in [-0.4, -0.2) is 47.5 Å². The number of amides is 2.